The van der Waals surface area contributed by atoms with E-state index in [2.05, 4.69) is 191 Å². The Balaban J connectivity index is 1.11. The van der Waals surface area contributed by atoms with Gasteiger partial charge in [-0.1, -0.05) is 121 Å². The molecule has 0 aliphatic heterocycles. The number of hydrogen-bond acceptors (Lipinski definition) is 2. The van der Waals surface area contributed by atoms with Crippen LogP contribution >= 0.6 is 11.3 Å². The fourth-order valence-electron chi connectivity index (χ4n) is 9.83. The van der Waals surface area contributed by atoms with Crippen molar-refractivity contribution >= 4 is 70.4 Å². The van der Waals surface area contributed by atoms with E-state index in [1.54, 1.807) is 0 Å². The molecule has 2 aromatic heterocycles. The lowest BCUT2D eigenvalue weighted by Crippen LogP contribution is -2.26. The second kappa shape index (κ2) is 11.3. The summed E-state index contributed by atoms with van der Waals surface area (Å²) in [5.41, 5.74) is 15.5. The summed E-state index contributed by atoms with van der Waals surface area (Å²) in [4.78, 5) is 2.50. The van der Waals surface area contributed by atoms with Gasteiger partial charge in [0.15, 0.2) is 0 Å². The van der Waals surface area contributed by atoms with Gasteiger partial charge in [-0.25, -0.2) is 0 Å². The van der Waals surface area contributed by atoms with Gasteiger partial charge in [0.25, 0.3) is 0 Å². The van der Waals surface area contributed by atoms with Gasteiger partial charge < -0.3 is 9.47 Å². The molecule has 1 spiro atoms. The summed E-state index contributed by atoms with van der Waals surface area (Å²) < 4.78 is 5.04. The molecule has 0 saturated heterocycles. The number of rotatable bonds is 4. The first kappa shape index (κ1) is 30.1. The van der Waals surface area contributed by atoms with Crippen molar-refractivity contribution in [1.82, 2.24) is 4.57 Å². The van der Waals surface area contributed by atoms with Crippen molar-refractivity contribution in [3.05, 3.63) is 204 Å². The molecule has 8 aromatic carbocycles. The van der Waals surface area contributed by atoms with Gasteiger partial charge in [-0.2, -0.15) is 0 Å². The molecule has 2 nitrogen and oxygen atoms in total. The van der Waals surface area contributed by atoms with Crippen LogP contribution in [0.4, 0.5) is 17.1 Å². The van der Waals surface area contributed by atoms with Crippen LogP contribution < -0.4 is 4.90 Å². The van der Waals surface area contributed by atoms with Gasteiger partial charge in [0.2, 0.25) is 0 Å². The number of hydrogen-bond donors (Lipinski definition) is 0. The topological polar surface area (TPSA) is 8.17 Å². The number of para-hydroxylation sites is 2. The van der Waals surface area contributed by atoms with Crippen LogP contribution in [0.15, 0.2) is 182 Å². The van der Waals surface area contributed by atoms with Gasteiger partial charge in [-0.05, 0) is 107 Å². The zero-order valence-corrected chi connectivity index (χ0v) is 30.4. The normalized spacial score (nSPS) is 13.9. The minimum Gasteiger partial charge on any atom is -0.310 e. The van der Waals surface area contributed by atoms with E-state index >= 15 is 0 Å². The zero-order valence-electron chi connectivity index (χ0n) is 29.5. The average Bonchev–Trinajstić information content (AvgIpc) is 3.96. The molecule has 2 heterocycles. The third kappa shape index (κ3) is 4.22. The Morgan fingerprint density at radius 3 is 1.87 bits per heavy atom. The van der Waals surface area contributed by atoms with Gasteiger partial charge in [-0.15, -0.1) is 11.3 Å². The SMILES string of the molecule is c1ccc(-n2c3ccccc3c3ccc(N(c4ccc5c(c4)C4(Cc6ccccc6C4)c4ccccc4-5)c4ccc5c(c4)sc4ccccc45)cc32)cc1. The molecule has 0 radical (unpaired) electrons. The Hall–Kier alpha value is -6.42. The number of anilines is 3. The Bertz CT molecular complexity index is 3100. The van der Waals surface area contributed by atoms with E-state index in [9.17, 15) is 0 Å². The molecule has 10 aromatic rings. The van der Waals surface area contributed by atoms with Gasteiger partial charge in [0.1, 0.15) is 0 Å². The zero-order chi connectivity index (χ0) is 35.4. The Morgan fingerprint density at radius 2 is 1.02 bits per heavy atom. The van der Waals surface area contributed by atoms with E-state index in [1.807, 2.05) is 11.3 Å². The molecule has 54 heavy (non-hydrogen) atoms. The molecular weight excluding hydrogens is 673 g/mol. The lowest BCUT2D eigenvalue weighted by Gasteiger charge is -2.30. The Morgan fingerprint density at radius 1 is 0.426 bits per heavy atom. The minimum atomic E-state index is -0.0869. The second-order valence-corrected chi connectivity index (χ2v) is 16.1. The highest BCUT2D eigenvalue weighted by atomic mass is 32.1. The number of nitrogens with zero attached hydrogens (tertiary/aromatic N) is 2. The van der Waals surface area contributed by atoms with Crippen LogP contribution in [0, 0.1) is 0 Å². The van der Waals surface area contributed by atoms with Crippen molar-refractivity contribution in [1.29, 1.82) is 0 Å². The molecule has 0 amide bonds. The first-order valence-corrected chi connectivity index (χ1v) is 19.7. The smallest absolute Gasteiger partial charge is 0.0561 e. The van der Waals surface area contributed by atoms with E-state index in [1.165, 1.54) is 81.0 Å². The number of aromatic nitrogens is 1. The van der Waals surface area contributed by atoms with E-state index in [0.717, 1.165) is 29.9 Å². The summed E-state index contributed by atoms with van der Waals surface area (Å²) in [5, 5.41) is 5.15. The Kier molecular flexibility index (Phi) is 6.29. The van der Waals surface area contributed by atoms with Gasteiger partial charge in [-0.3, -0.25) is 0 Å². The highest BCUT2D eigenvalue weighted by Gasteiger charge is 2.47. The molecule has 3 heteroatoms. The molecule has 254 valence electrons. The number of thiophene rings is 1. The largest absolute Gasteiger partial charge is 0.310 e. The van der Waals surface area contributed by atoms with Crippen molar-refractivity contribution in [3.8, 4) is 16.8 Å². The molecule has 0 fully saturated rings. The van der Waals surface area contributed by atoms with Crippen molar-refractivity contribution in [2.24, 2.45) is 0 Å². The molecule has 2 aliphatic carbocycles. The van der Waals surface area contributed by atoms with Crippen molar-refractivity contribution in [3.63, 3.8) is 0 Å². The van der Waals surface area contributed by atoms with Crippen molar-refractivity contribution in [2.75, 3.05) is 4.90 Å². The van der Waals surface area contributed by atoms with E-state index in [0.29, 0.717) is 0 Å². The highest BCUT2D eigenvalue weighted by molar-refractivity contribution is 7.25. The average molecular weight is 707 g/mol. The van der Waals surface area contributed by atoms with E-state index in [-0.39, 0.29) is 5.41 Å². The van der Waals surface area contributed by atoms with E-state index in [4.69, 9.17) is 0 Å². The lowest BCUT2D eigenvalue weighted by molar-refractivity contribution is 0.563. The standard InChI is InChI=1S/C51H34N2S/c1-2-14-35(15-3-1)53-47-20-10-7-17-41(47)42-26-23-37(29-48(42)53)52(38-24-27-44-43-18-8-11-21-49(43)54-50(44)30-38)36-22-25-40-39-16-6-9-19-45(39)51(46(40)28-36)31-33-12-4-5-13-34(33)32-51/h1-30H,31-32H2. The van der Waals surface area contributed by atoms with Crippen LogP contribution in [0.1, 0.15) is 22.3 Å². The lowest BCUT2D eigenvalue weighted by atomic mass is 9.75. The van der Waals surface area contributed by atoms with Crippen LogP contribution in [0.2, 0.25) is 0 Å². The van der Waals surface area contributed by atoms with Crippen LogP contribution in [0.25, 0.3) is 58.8 Å². The summed E-state index contributed by atoms with van der Waals surface area (Å²) in [6.45, 7) is 0. The highest BCUT2D eigenvalue weighted by Crippen LogP contribution is 2.56. The summed E-state index contributed by atoms with van der Waals surface area (Å²) in [6.07, 6.45) is 2.04. The monoisotopic (exact) mass is 706 g/mol. The van der Waals surface area contributed by atoms with Crippen LogP contribution in [0.5, 0.6) is 0 Å². The fourth-order valence-corrected chi connectivity index (χ4v) is 11.0. The molecule has 0 saturated carbocycles. The van der Waals surface area contributed by atoms with Crippen LogP contribution in [-0.2, 0) is 18.3 Å². The van der Waals surface area contributed by atoms with Crippen LogP contribution in [-0.4, -0.2) is 4.57 Å². The van der Waals surface area contributed by atoms with Gasteiger partial charge in [0, 0.05) is 59.1 Å². The molecule has 0 bridgehead atoms. The van der Waals surface area contributed by atoms with Gasteiger partial charge >= 0.3 is 0 Å². The summed E-state index contributed by atoms with van der Waals surface area (Å²) in [6, 6.07) is 67.9. The predicted octanol–water partition coefficient (Wildman–Crippen LogP) is 13.7. The maximum absolute atomic E-state index is 2.52. The minimum absolute atomic E-state index is 0.0869. The Labute approximate surface area is 317 Å². The maximum atomic E-state index is 2.52. The molecule has 12 rings (SSSR count). The molecule has 0 unspecified atom stereocenters. The number of fused-ring (bicyclic) bond motifs is 12. The third-order valence-electron chi connectivity index (χ3n) is 12.2. The molecule has 0 N–H and O–H groups in total. The predicted molar refractivity (Wildman–Crippen MR) is 228 cm³/mol. The third-order valence-corrected chi connectivity index (χ3v) is 13.3. The van der Waals surface area contributed by atoms with Crippen LogP contribution in [0.3, 0.4) is 0 Å². The summed E-state index contributed by atoms with van der Waals surface area (Å²) in [5.74, 6) is 0. The van der Waals surface area contributed by atoms with Crippen molar-refractivity contribution < 1.29 is 0 Å². The maximum Gasteiger partial charge on any atom is 0.0561 e. The molecule has 2 aliphatic rings. The second-order valence-electron chi connectivity index (χ2n) is 15.0. The van der Waals surface area contributed by atoms with E-state index < -0.39 is 0 Å². The molecular formula is C51H34N2S. The summed E-state index contributed by atoms with van der Waals surface area (Å²) >= 11 is 1.88. The molecule has 0 atom stereocenters. The number of benzene rings is 8. The fraction of sp³-hybridized carbons (Fsp3) is 0.0588. The summed E-state index contributed by atoms with van der Waals surface area (Å²) in [7, 11) is 0. The quantitative estimate of drug-likeness (QED) is 0.177. The first-order valence-electron chi connectivity index (χ1n) is 18.8. The van der Waals surface area contributed by atoms with Gasteiger partial charge in [0.05, 0.1) is 11.0 Å². The first-order chi connectivity index (χ1) is 26.7. The van der Waals surface area contributed by atoms with Crippen molar-refractivity contribution in [2.45, 2.75) is 18.3 Å².